The van der Waals surface area contributed by atoms with Crippen LogP contribution in [0.5, 0.6) is 0 Å². The van der Waals surface area contributed by atoms with Gasteiger partial charge in [-0.3, -0.25) is 11.3 Å². The van der Waals surface area contributed by atoms with E-state index < -0.39 is 0 Å². The molecule has 0 fully saturated rings. The summed E-state index contributed by atoms with van der Waals surface area (Å²) in [5, 5.41) is 0. The Morgan fingerprint density at radius 2 is 1.70 bits per heavy atom. The van der Waals surface area contributed by atoms with Gasteiger partial charge in [-0.15, -0.1) is 0 Å². The van der Waals surface area contributed by atoms with Crippen molar-refractivity contribution in [2.45, 2.75) is 26.3 Å². The molecule has 0 heterocycles. The lowest BCUT2D eigenvalue weighted by Gasteiger charge is -2.19. The summed E-state index contributed by atoms with van der Waals surface area (Å²) in [5.74, 6) is 5.76. The summed E-state index contributed by atoms with van der Waals surface area (Å²) in [5.41, 5.74) is 7.98. The maximum absolute atomic E-state index is 5.76. The molecule has 1 atom stereocenters. The summed E-state index contributed by atoms with van der Waals surface area (Å²) in [6.07, 6.45) is 0.868. The Hall–Kier alpha value is -0.680. The molecule has 0 saturated heterocycles. The van der Waals surface area contributed by atoms with Crippen molar-refractivity contribution >= 4 is 31.9 Å². The van der Waals surface area contributed by atoms with Crippen LogP contribution in [0.3, 0.4) is 0 Å². The first-order valence-corrected chi connectivity index (χ1v) is 8.06. The zero-order chi connectivity index (χ0) is 14.7. The number of hydrazine groups is 1. The SMILES string of the molecule is Cc1ccc(C)c(CC(NN)c2cc(Br)cc(Br)c2)c1. The molecule has 0 aliphatic carbocycles. The van der Waals surface area contributed by atoms with Crippen LogP contribution in [0.25, 0.3) is 0 Å². The van der Waals surface area contributed by atoms with Crippen LogP contribution in [0.15, 0.2) is 45.3 Å². The van der Waals surface area contributed by atoms with E-state index in [-0.39, 0.29) is 6.04 Å². The number of hydrogen-bond donors (Lipinski definition) is 2. The zero-order valence-electron chi connectivity index (χ0n) is 11.6. The molecule has 2 nitrogen and oxygen atoms in total. The number of nitrogens with two attached hydrogens (primary N) is 1. The Bertz CT molecular complexity index is 591. The van der Waals surface area contributed by atoms with Crippen molar-refractivity contribution in [2.24, 2.45) is 5.84 Å². The summed E-state index contributed by atoms with van der Waals surface area (Å²) < 4.78 is 2.09. The van der Waals surface area contributed by atoms with Crippen molar-refractivity contribution in [3.8, 4) is 0 Å². The fourth-order valence-corrected chi connectivity index (χ4v) is 3.62. The van der Waals surface area contributed by atoms with Crippen LogP contribution >= 0.6 is 31.9 Å². The van der Waals surface area contributed by atoms with E-state index in [1.54, 1.807) is 0 Å². The normalized spacial score (nSPS) is 12.4. The number of aryl methyl sites for hydroxylation is 2. The van der Waals surface area contributed by atoms with Crippen LogP contribution in [0, 0.1) is 13.8 Å². The molecule has 20 heavy (non-hydrogen) atoms. The molecular formula is C16H18Br2N2. The van der Waals surface area contributed by atoms with Crippen LogP contribution < -0.4 is 11.3 Å². The van der Waals surface area contributed by atoms with Gasteiger partial charge in [0.1, 0.15) is 0 Å². The van der Waals surface area contributed by atoms with Crippen LogP contribution in [-0.2, 0) is 6.42 Å². The Labute approximate surface area is 137 Å². The molecule has 0 spiro atoms. The van der Waals surface area contributed by atoms with E-state index in [9.17, 15) is 0 Å². The Kier molecular flexibility index (Phi) is 5.38. The first-order valence-electron chi connectivity index (χ1n) is 6.48. The lowest BCUT2D eigenvalue weighted by atomic mass is 9.95. The van der Waals surface area contributed by atoms with Gasteiger partial charge in [0.25, 0.3) is 0 Å². The number of halogens is 2. The van der Waals surface area contributed by atoms with Crippen molar-refractivity contribution in [1.29, 1.82) is 0 Å². The van der Waals surface area contributed by atoms with E-state index in [0.29, 0.717) is 0 Å². The van der Waals surface area contributed by atoms with Gasteiger partial charge in [0, 0.05) is 8.95 Å². The summed E-state index contributed by atoms with van der Waals surface area (Å²) >= 11 is 7.05. The van der Waals surface area contributed by atoms with E-state index in [4.69, 9.17) is 5.84 Å². The van der Waals surface area contributed by atoms with Gasteiger partial charge in [-0.1, -0.05) is 55.6 Å². The lowest BCUT2D eigenvalue weighted by Crippen LogP contribution is -2.29. The highest BCUT2D eigenvalue weighted by molar-refractivity contribution is 9.11. The molecule has 0 radical (unpaired) electrons. The highest BCUT2D eigenvalue weighted by Gasteiger charge is 2.13. The van der Waals surface area contributed by atoms with Gasteiger partial charge in [-0.2, -0.15) is 0 Å². The van der Waals surface area contributed by atoms with E-state index in [2.05, 4.69) is 81.5 Å². The molecule has 0 aliphatic heterocycles. The topological polar surface area (TPSA) is 38.0 Å². The average molecular weight is 398 g/mol. The Morgan fingerprint density at radius 1 is 1.05 bits per heavy atom. The van der Waals surface area contributed by atoms with Gasteiger partial charge in [-0.25, -0.2) is 0 Å². The van der Waals surface area contributed by atoms with Crippen molar-refractivity contribution in [2.75, 3.05) is 0 Å². The highest BCUT2D eigenvalue weighted by Crippen LogP contribution is 2.27. The predicted octanol–water partition coefficient (Wildman–Crippen LogP) is 4.58. The van der Waals surface area contributed by atoms with Crippen LogP contribution in [0.2, 0.25) is 0 Å². The summed E-state index contributed by atoms with van der Waals surface area (Å²) in [7, 11) is 0. The first-order chi connectivity index (χ1) is 9.49. The maximum atomic E-state index is 5.76. The number of benzene rings is 2. The van der Waals surface area contributed by atoms with Gasteiger partial charge < -0.3 is 0 Å². The fourth-order valence-electron chi connectivity index (χ4n) is 2.29. The van der Waals surface area contributed by atoms with Crippen molar-refractivity contribution < 1.29 is 0 Å². The van der Waals surface area contributed by atoms with E-state index in [1.807, 2.05) is 6.07 Å². The monoisotopic (exact) mass is 396 g/mol. The average Bonchev–Trinajstić information content (AvgIpc) is 2.38. The second-order valence-corrected chi connectivity index (χ2v) is 6.89. The molecule has 0 aromatic heterocycles. The van der Waals surface area contributed by atoms with Gasteiger partial charge in [0.15, 0.2) is 0 Å². The molecule has 2 aromatic carbocycles. The number of nitrogens with one attached hydrogen (secondary N) is 1. The largest absolute Gasteiger partial charge is 0.271 e. The predicted molar refractivity (Wildman–Crippen MR) is 91.5 cm³/mol. The molecule has 2 rings (SSSR count). The van der Waals surface area contributed by atoms with Crippen LogP contribution in [0.4, 0.5) is 0 Å². The molecule has 0 bridgehead atoms. The second kappa shape index (κ2) is 6.85. The van der Waals surface area contributed by atoms with Gasteiger partial charge in [-0.05, 0) is 55.2 Å². The molecule has 106 valence electrons. The summed E-state index contributed by atoms with van der Waals surface area (Å²) in [4.78, 5) is 0. The fraction of sp³-hybridized carbons (Fsp3) is 0.250. The van der Waals surface area contributed by atoms with Crippen LogP contribution in [-0.4, -0.2) is 0 Å². The summed E-state index contributed by atoms with van der Waals surface area (Å²) in [6, 6.07) is 12.8. The molecule has 0 saturated carbocycles. The third-order valence-electron chi connectivity index (χ3n) is 3.42. The number of hydrogen-bond acceptors (Lipinski definition) is 2. The molecule has 4 heteroatoms. The highest BCUT2D eigenvalue weighted by atomic mass is 79.9. The zero-order valence-corrected chi connectivity index (χ0v) is 14.8. The minimum absolute atomic E-state index is 0.0873. The first kappa shape index (κ1) is 15.7. The molecule has 2 aromatic rings. The van der Waals surface area contributed by atoms with Gasteiger partial charge in [0.2, 0.25) is 0 Å². The van der Waals surface area contributed by atoms with Gasteiger partial charge >= 0.3 is 0 Å². The maximum Gasteiger partial charge on any atom is 0.0501 e. The number of rotatable bonds is 4. The second-order valence-electron chi connectivity index (χ2n) is 5.06. The van der Waals surface area contributed by atoms with Crippen LogP contribution in [0.1, 0.15) is 28.3 Å². The molecule has 3 N–H and O–H groups in total. The van der Waals surface area contributed by atoms with E-state index in [0.717, 1.165) is 20.9 Å². The molecule has 0 aliphatic rings. The molecule has 1 unspecified atom stereocenters. The minimum atomic E-state index is 0.0873. The van der Waals surface area contributed by atoms with Crippen molar-refractivity contribution in [3.63, 3.8) is 0 Å². The lowest BCUT2D eigenvalue weighted by molar-refractivity contribution is 0.550. The van der Waals surface area contributed by atoms with Gasteiger partial charge in [0.05, 0.1) is 6.04 Å². The Balaban J connectivity index is 2.30. The van der Waals surface area contributed by atoms with Crippen molar-refractivity contribution in [1.82, 2.24) is 5.43 Å². The standard InChI is InChI=1S/C16H18Br2N2/c1-10-3-4-11(2)12(5-10)8-16(20-19)13-6-14(17)9-15(18)7-13/h3-7,9,16,20H,8,19H2,1-2H3. The molecule has 0 amide bonds. The van der Waals surface area contributed by atoms with E-state index in [1.165, 1.54) is 16.7 Å². The third kappa shape index (κ3) is 3.92. The molecular weight excluding hydrogens is 380 g/mol. The summed E-state index contributed by atoms with van der Waals surface area (Å²) in [6.45, 7) is 4.25. The van der Waals surface area contributed by atoms with Crippen molar-refractivity contribution in [3.05, 3.63) is 67.6 Å². The van der Waals surface area contributed by atoms with E-state index >= 15 is 0 Å². The smallest absolute Gasteiger partial charge is 0.0501 e. The Morgan fingerprint density at radius 3 is 2.30 bits per heavy atom. The third-order valence-corrected chi connectivity index (χ3v) is 4.33. The quantitative estimate of drug-likeness (QED) is 0.585. The minimum Gasteiger partial charge on any atom is -0.271 e.